The molecule has 1 atom stereocenters. The number of thiazole rings is 1. The highest BCUT2D eigenvalue weighted by atomic mass is 32.2. The summed E-state index contributed by atoms with van der Waals surface area (Å²) >= 11 is 1.32. The minimum atomic E-state index is -3.47. The molecule has 136 valence electrons. The number of hydrogen-bond donors (Lipinski definition) is 1. The van der Waals surface area contributed by atoms with E-state index in [0.29, 0.717) is 28.6 Å². The zero-order valence-electron chi connectivity index (χ0n) is 14.1. The van der Waals surface area contributed by atoms with Crippen LogP contribution in [-0.4, -0.2) is 51.4 Å². The topological polar surface area (TPSA) is 91.8 Å². The molecule has 2 amide bonds. The van der Waals surface area contributed by atoms with Crippen LogP contribution in [0.4, 0.5) is 15.6 Å². The normalized spacial score (nSPS) is 19.6. The maximum atomic E-state index is 12.2. The molecule has 10 heteroatoms. The molecule has 0 radical (unpaired) electrons. The van der Waals surface area contributed by atoms with Crippen LogP contribution in [-0.2, 0) is 10.0 Å². The van der Waals surface area contributed by atoms with Crippen LogP contribution < -0.4 is 19.3 Å². The summed E-state index contributed by atoms with van der Waals surface area (Å²) in [4.78, 5) is 18.3. The van der Waals surface area contributed by atoms with Crippen LogP contribution in [0.25, 0.3) is 10.2 Å². The summed E-state index contributed by atoms with van der Waals surface area (Å²) in [6, 6.07) is 3.01. The van der Waals surface area contributed by atoms with E-state index in [0.717, 1.165) is 11.0 Å². The van der Waals surface area contributed by atoms with Gasteiger partial charge in [-0.2, -0.15) is 0 Å². The van der Waals surface area contributed by atoms with Gasteiger partial charge in [-0.15, -0.1) is 5.92 Å². The van der Waals surface area contributed by atoms with E-state index in [-0.39, 0.29) is 25.2 Å². The van der Waals surface area contributed by atoms with Crippen LogP contribution in [0, 0.1) is 11.8 Å². The molecule has 0 aliphatic carbocycles. The molecule has 0 saturated carbocycles. The fraction of sp³-hybridized carbons (Fsp3) is 0.375. The first-order chi connectivity index (χ1) is 12.4. The zero-order chi connectivity index (χ0) is 18.5. The largest absolute Gasteiger partial charge is 0.489 e. The second kappa shape index (κ2) is 6.03. The molecular weight excluding hydrogens is 376 g/mol. The maximum Gasteiger partial charge on any atom is 0.324 e. The number of carbonyl (C=O) groups excluding carboxylic acids is 1. The minimum absolute atomic E-state index is 0.228. The molecule has 1 aromatic carbocycles. The quantitative estimate of drug-likeness (QED) is 0.780. The fourth-order valence-corrected chi connectivity index (χ4v) is 5.03. The van der Waals surface area contributed by atoms with Crippen molar-refractivity contribution in [2.45, 2.75) is 13.0 Å². The van der Waals surface area contributed by atoms with Gasteiger partial charge in [-0.3, -0.25) is 9.21 Å². The Morgan fingerprint density at radius 3 is 2.96 bits per heavy atom. The van der Waals surface area contributed by atoms with Crippen LogP contribution in [0.2, 0.25) is 0 Å². The molecule has 4 rings (SSSR count). The Bertz CT molecular complexity index is 1070. The molecule has 1 aromatic heterocycles. The van der Waals surface area contributed by atoms with Gasteiger partial charge in [-0.1, -0.05) is 17.3 Å². The van der Waals surface area contributed by atoms with E-state index < -0.39 is 10.0 Å². The highest BCUT2D eigenvalue weighted by Crippen LogP contribution is 2.43. The molecule has 26 heavy (non-hydrogen) atoms. The molecule has 2 aromatic rings. The predicted molar refractivity (Wildman–Crippen MR) is 100 cm³/mol. The number of fused-ring (bicyclic) bond motifs is 3. The number of carbonyl (C=O) groups is 1. The SMILES string of the molecule is CC#C[C@@H]1CNC(=O)N1c1nc2c3c(ccc2s1)OCCN3S(C)(=O)=O. The van der Waals surface area contributed by atoms with Gasteiger partial charge in [0.15, 0.2) is 5.13 Å². The smallest absolute Gasteiger partial charge is 0.324 e. The van der Waals surface area contributed by atoms with Gasteiger partial charge in [-0.25, -0.2) is 18.2 Å². The van der Waals surface area contributed by atoms with Crippen LogP contribution in [0.3, 0.4) is 0 Å². The number of amides is 2. The van der Waals surface area contributed by atoms with E-state index in [1.165, 1.54) is 20.5 Å². The van der Waals surface area contributed by atoms with E-state index >= 15 is 0 Å². The number of nitrogens with zero attached hydrogens (tertiary/aromatic N) is 3. The monoisotopic (exact) mass is 392 g/mol. The fourth-order valence-electron chi connectivity index (χ4n) is 3.10. The summed E-state index contributed by atoms with van der Waals surface area (Å²) in [5.74, 6) is 6.29. The molecule has 0 spiro atoms. The molecule has 1 N–H and O–H groups in total. The highest BCUT2D eigenvalue weighted by molar-refractivity contribution is 7.92. The summed E-state index contributed by atoms with van der Waals surface area (Å²) in [5.41, 5.74) is 0.937. The first-order valence-corrected chi connectivity index (χ1v) is 10.6. The average Bonchev–Trinajstić information content (AvgIpc) is 3.17. The lowest BCUT2D eigenvalue weighted by Gasteiger charge is -2.29. The maximum absolute atomic E-state index is 12.2. The number of hydrogen-bond acceptors (Lipinski definition) is 6. The third-order valence-electron chi connectivity index (χ3n) is 4.18. The van der Waals surface area contributed by atoms with Gasteiger partial charge >= 0.3 is 6.03 Å². The van der Waals surface area contributed by atoms with Gasteiger partial charge in [0.1, 0.15) is 29.6 Å². The molecule has 0 bridgehead atoms. The first kappa shape index (κ1) is 16.9. The molecule has 3 heterocycles. The number of sulfonamides is 1. The summed E-state index contributed by atoms with van der Waals surface area (Å²) in [6.45, 7) is 2.65. The summed E-state index contributed by atoms with van der Waals surface area (Å²) in [6.07, 6.45) is 1.16. The van der Waals surface area contributed by atoms with Crippen molar-refractivity contribution >= 4 is 48.4 Å². The van der Waals surface area contributed by atoms with E-state index in [1.807, 2.05) is 6.07 Å². The van der Waals surface area contributed by atoms with Crippen molar-refractivity contribution in [3.63, 3.8) is 0 Å². The molecular formula is C16H16N4O4S2. The Hall–Kier alpha value is -2.51. The summed E-state index contributed by atoms with van der Waals surface area (Å²) in [7, 11) is -3.47. The van der Waals surface area contributed by atoms with Gasteiger partial charge in [-0.05, 0) is 19.1 Å². The van der Waals surface area contributed by atoms with Crippen LogP contribution in [0.5, 0.6) is 5.75 Å². The molecule has 1 saturated heterocycles. The third-order valence-corrected chi connectivity index (χ3v) is 6.37. The number of benzene rings is 1. The van der Waals surface area contributed by atoms with Crippen LogP contribution in [0.15, 0.2) is 12.1 Å². The molecule has 0 unspecified atom stereocenters. The Kier molecular flexibility index (Phi) is 3.93. The van der Waals surface area contributed by atoms with Crippen molar-refractivity contribution in [2.75, 3.05) is 35.2 Å². The Labute approximate surface area is 154 Å². The zero-order valence-corrected chi connectivity index (χ0v) is 15.8. The lowest BCUT2D eigenvalue weighted by atomic mass is 10.2. The molecule has 2 aliphatic heterocycles. The number of anilines is 2. The van der Waals surface area contributed by atoms with Crippen molar-refractivity contribution in [1.82, 2.24) is 10.3 Å². The molecule has 2 aliphatic rings. The Morgan fingerprint density at radius 2 is 2.23 bits per heavy atom. The first-order valence-electron chi connectivity index (χ1n) is 7.93. The Balaban J connectivity index is 1.88. The van der Waals surface area contributed by atoms with Gasteiger partial charge in [0.2, 0.25) is 10.0 Å². The third kappa shape index (κ3) is 2.64. The number of nitrogens with one attached hydrogen (secondary N) is 1. The number of aromatic nitrogens is 1. The minimum Gasteiger partial charge on any atom is -0.489 e. The number of rotatable bonds is 2. The second-order valence-electron chi connectivity index (χ2n) is 5.91. The average molecular weight is 392 g/mol. The van der Waals surface area contributed by atoms with Gasteiger partial charge in [0.05, 0.1) is 24.0 Å². The van der Waals surface area contributed by atoms with Crippen LogP contribution in [0.1, 0.15) is 6.92 Å². The lowest BCUT2D eigenvalue weighted by Crippen LogP contribution is -2.37. The number of ether oxygens (including phenoxy) is 1. The van der Waals surface area contributed by atoms with Gasteiger partial charge in [0, 0.05) is 0 Å². The van der Waals surface area contributed by atoms with Gasteiger partial charge in [0.25, 0.3) is 0 Å². The second-order valence-corrected chi connectivity index (χ2v) is 8.82. The lowest BCUT2D eigenvalue weighted by molar-refractivity contribution is 0.252. The van der Waals surface area contributed by atoms with E-state index in [1.54, 1.807) is 13.0 Å². The van der Waals surface area contributed by atoms with E-state index in [2.05, 4.69) is 22.1 Å². The van der Waals surface area contributed by atoms with Gasteiger partial charge < -0.3 is 10.1 Å². The summed E-state index contributed by atoms with van der Waals surface area (Å²) < 4.78 is 32.1. The standard InChI is InChI=1S/C16H16N4O4S2/c1-3-4-10-9-17-15(21)20(10)16-18-13-12(25-16)6-5-11-14(13)19(7-8-24-11)26(2,22)23/h5-6,10H,7-9H2,1-2H3,(H,17,21)/t10-/m1/s1. The Morgan fingerprint density at radius 1 is 1.42 bits per heavy atom. The van der Waals surface area contributed by atoms with Crippen molar-refractivity contribution in [2.24, 2.45) is 0 Å². The van der Waals surface area contributed by atoms with Crippen molar-refractivity contribution in [3.05, 3.63) is 12.1 Å². The van der Waals surface area contributed by atoms with Crippen molar-refractivity contribution in [3.8, 4) is 17.6 Å². The van der Waals surface area contributed by atoms with Crippen molar-refractivity contribution < 1.29 is 17.9 Å². The highest BCUT2D eigenvalue weighted by Gasteiger charge is 2.35. The molecule has 8 nitrogen and oxygen atoms in total. The van der Waals surface area contributed by atoms with Crippen molar-refractivity contribution in [1.29, 1.82) is 0 Å². The molecule has 1 fully saturated rings. The summed E-state index contributed by atoms with van der Waals surface area (Å²) in [5, 5.41) is 3.24. The van der Waals surface area contributed by atoms with Crippen LogP contribution >= 0.6 is 11.3 Å². The van der Waals surface area contributed by atoms with E-state index in [9.17, 15) is 13.2 Å². The number of urea groups is 1. The predicted octanol–water partition coefficient (Wildman–Crippen LogP) is 1.38. The van der Waals surface area contributed by atoms with E-state index in [4.69, 9.17) is 4.74 Å².